The van der Waals surface area contributed by atoms with Crippen LogP contribution in [0.5, 0.6) is 0 Å². The Morgan fingerprint density at radius 3 is 3.06 bits per heavy atom. The Kier molecular flexibility index (Phi) is 3.82. The highest BCUT2D eigenvalue weighted by Gasteiger charge is 2.18. The van der Waals surface area contributed by atoms with Crippen LogP contribution in [-0.2, 0) is 17.9 Å². The van der Waals surface area contributed by atoms with Crippen molar-refractivity contribution in [1.82, 2.24) is 14.7 Å². The van der Waals surface area contributed by atoms with E-state index in [1.165, 1.54) is 0 Å². The molecule has 0 aliphatic heterocycles. The second-order valence-corrected chi connectivity index (χ2v) is 4.46. The zero-order chi connectivity index (χ0) is 13.0. The summed E-state index contributed by atoms with van der Waals surface area (Å²) < 4.78 is 6.76. The van der Waals surface area contributed by atoms with Crippen molar-refractivity contribution in [2.24, 2.45) is 5.92 Å². The molecule has 0 saturated heterocycles. The Bertz CT molecular complexity index is 432. The van der Waals surface area contributed by atoms with Gasteiger partial charge in [-0.25, -0.2) is 0 Å². The molecule has 0 N–H and O–H groups in total. The van der Waals surface area contributed by atoms with E-state index in [1.54, 1.807) is 35.4 Å². The van der Waals surface area contributed by atoms with Gasteiger partial charge in [0.15, 0.2) is 0 Å². The number of hydrogen-bond acceptors (Lipinski definition) is 3. The van der Waals surface area contributed by atoms with Crippen molar-refractivity contribution < 1.29 is 9.21 Å². The molecular weight excluding hydrogens is 230 g/mol. The highest BCUT2D eigenvalue weighted by molar-refractivity contribution is 5.78. The monoisotopic (exact) mass is 247 g/mol. The average Bonchev–Trinajstić information content (AvgIpc) is 3.01. The maximum Gasteiger partial charge on any atom is 0.227 e. The van der Waals surface area contributed by atoms with E-state index in [0.29, 0.717) is 13.1 Å². The third-order valence-electron chi connectivity index (χ3n) is 2.82. The van der Waals surface area contributed by atoms with Gasteiger partial charge in [0, 0.05) is 31.5 Å². The van der Waals surface area contributed by atoms with Gasteiger partial charge >= 0.3 is 0 Å². The molecular formula is C13H17N3O2. The van der Waals surface area contributed by atoms with Gasteiger partial charge in [-0.15, -0.1) is 0 Å². The van der Waals surface area contributed by atoms with Gasteiger partial charge in [0.25, 0.3) is 0 Å². The molecule has 2 aromatic rings. The summed E-state index contributed by atoms with van der Waals surface area (Å²) in [7, 11) is 1.80. The van der Waals surface area contributed by atoms with Gasteiger partial charge in [-0.3, -0.25) is 9.48 Å². The van der Waals surface area contributed by atoms with Crippen LogP contribution < -0.4 is 0 Å². The van der Waals surface area contributed by atoms with E-state index in [9.17, 15) is 4.79 Å². The van der Waals surface area contributed by atoms with E-state index in [1.807, 2.05) is 25.3 Å². The van der Waals surface area contributed by atoms with Crippen LogP contribution in [0.25, 0.3) is 0 Å². The second kappa shape index (κ2) is 5.53. The lowest BCUT2D eigenvalue weighted by molar-refractivity contribution is -0.134. The lowest BCUT2D eigenvalue weighted by atomic mass is 10.1. The van der Waals surface area contributed by atoms with Crippen LogP contribution in [0, 0.1) is 5.92 Å². The van der Waals surface area contributed by atoms with Crippen molar-refractivity contribution >= 4 is 5.91 Å². The van der Waals surface area contributed by atoms with E-state index in [0.717, 1.165) is 5.56 Å². The number of aromatic nitrogens is 2. The second-order valence-electron chi connectivity index (χ2n) is 4.46. The number of furan rings is 1. The largest absolute Gasteiger partial charge is 0.472 e. The summed E-state index contributed by atoms with van der Waals surface area (Å²) in [5.41, 5.74) is 0.997. The fourth-order valence-electron chi connectivity index (χ4n) is 1.88. The molecule has 2 aromatic heterocycles. The molecule has 1 atom stereocenters. The SMILES string of the molecule is C[C@@H](Cn1cccn1)C(=O)N(C)Cc1ccoc1. The maximum absolute atomic E-state index is 12.1. The number of amides is 1. The van der Waals surface area contributed by atoms with Gasteiger partial charge in [-0.2, -0.15) is 5.10 Å². The molecule has 0 unspecified atom stereocenters. The number of hydrogen-bond donors (Lipinski definition) is 0. The minimum atomic E-state index is -0.0956. The molecule has 0 bridgehead atoms. The van der Waals surface area contributed by atoms with E-state index in [2.05, 4.69) is 5.10 Å². The molecule has 5 heteroatoms. The summed E-state index contributed by atoms with van der Waals surface area (Å²) in [6.45, 7) is 3.08. The molecule has 18 heavy (non-hydrogen) atoms. The van der Waals surface area contributed by atoms with E-state index in [4.69, 9.17) is 4.42 Å². The van der Waals surface area contributed by atoms with Gasteiger partial charge in [-0.05, 0) is 12.1 Å². The molecule has 5 nitrogen and oxygen atoms in total. The van der Waals surface area contributed by atoms with Crippen molar-refractivity contribution in [2.75, 3.05) is 7.05 Å². The number of carbonyl (C=O) groups excluding carboxylic acids is 1. The molecule has 0 fully saturated rings. The fourth-order valence-corrected chi connectivity index (χ4v) is 1.88. The van der Waals surface area contributed by atoms with Crippen LogP contribution in [0.15, 0.2) is 41.5 Å². The van der Waals surface area contributed by atoms with Crippen molar-refractivity contribution in [3.8, 4) is 0 Å². The summed E-state index contributed by atoms with van der Waals surface area (Å²) in [5, 5.41) is 4.10. The standard InChI is InChI=1S/C13H17N3O2/c1-11(8-16-6-3-5-14-16)13(17)15(2)9-12-4-7-18-10-12/h3-7,10-11H,8-9H2,1-2H3/t11-/m0/s1. The Hall–Kier alpha value is -2.04. The average molecular weight is 247 g/mol. The van der Waals surface area contributed by atoms with Gasteiger partial charge in [0.1, 0.15) is 0 Å². The quantitative estimate of drug-likeness (QED) is 0.809. The first kappa shape index (κ1) is 12.4. The van der Waals surface area contributed by atoms with Gasteiger partial charge in [0.2, 0.25) is 5.91 Å². The molecule has 0 aromatic carbocycles. The van der Waals surface area contributed by atoms with Crippen LogP contribution in [0.2, 0.25) is 0 Å². The first-order valence-corrected chi connectivity index (χ1v) is 5.90. The van der Waals surface area contributed by atoms with Crippen LogP contribution in [-0.4, -0.2) is 27.6 Å². The highest BCUT2D eigenvalue weighted by atomic mass is 16.3. The van der Waals surface area contributed by atoms with E-state index in [-0.39, 0.29) is 11.8 Å². The van der Waals surface area contributed by atoms with E-state index < -0.39 is 0 Å². The minimum Gasteiger partial charge on any atom is -0.472 e. The number of rotatable bonds is 5. The van der Waals surface area contributed by atoms with Crippen LogP contribution in [0.3, 0.4) is 0 Å². The number of carbonyl (C=O) groups is 1. The molecule has 2 rings (SSSR count). The predicted octanol–water partition coefficient (Wildman–Crippen LogP) is 1.77. The smallest absolute Gasteiger partial charge is 0.227 e. The first-order chi connectivity index (χ1) is 8.66. The molecule has 1 amide bonds. The van der Waals surface area contributed by atoms with Gasteiger partial charge < -0.3 is 9.32 Å². The molecule has 0 spiro atoms. The zero-order valence-corrected chi connectivity index (χ0v) is 10.6. The van der Waals surface area contributed by atoms with E-state index >= 15 is 0 Å². The lowest BCUT2D eigenvalue weighted by Crippen LogP contribution is -2.33. The van der Waals surface area contributed by atoms with Gasteiger partial charge in [-0.1, -0.05) is 6.92 Å². The van der Waals surface area contributed by atoms with Crippen LogP contribution in [0.1, 0.15) is 12.5 Å². The highest BCUT2D eigenvalue weighted by Crippen LogP contribution is 2.09. The van der Waals surface area contributed by atoms with Crippen LogP contribution >= 0.6 is 0 Å². The molecule has 0 aliphatic rings. The van der Waals surface area contributed by atoms with Crippen molar-refractivity contribution in [2.45, 2.75) is 20.0 Å². The third kappa shape index (κ3) is 3.00. The Morgan fingerprint density at radius 1 is 1.61 bits per heavy atom. The molecule has 96 valence electrons. The third-order valence-corrected chi connectivity index (χ3v) is 2.82. The zero-order valence-electron chi connectivity index (χ0n) is 10.6. The fraction of sp³-hybridized carbons (Fsp3) is 0.385. The first-order valence-electron chi connectivity index (χ1n) is 5.90. The summed E-state index contributed by atoms with van der Waals surface area (Å²) in [5.74, 6) is 0.00787. The van der Waals surface area contributed by atoms with Gasteiger partial charge in [0.05, 0.1) is 25.0 Å². The Morgan fingerprint density at radius 2 is 2.44 bits per heavy atom. The summed E-state index contributed by atoms with van der Waals surface area (Å²) in [4.78, 5) is 13.9. The Labute approximate surface area is 106 Å². The molecule has 2 heterocycles. The molecule has 0 radical (unpaired) electrons. The molecule has 0 aliphatic carbocycles. The lowest BCUT2D eigenvalue weighted by Gasteiger charge is -2.20. The Balaban J connectivity index is 1.89. The summed E-state index contributed by atoms with van der Waals surface area (Å²) >= 11 is 0. The predicted molar refractivity (Wildman–Crippen MR) is 66.6 cm³/mol. The minimum absolute atomic E-state index is 0.0956. The van der Waals surface area contributed by atoms with Crippen LogP contribution in [0.4, 0.5) is 0 Å². The van der Waals surface area contributed by atoms with Crippen molar-refractivity contribution in [3.05, 3.63) is 42.6 Å². The maximum atomic E-state index is 12.1. The normalized spacial score (nSPS) is 12.3. The van der Waals surface area contributed by atoms with Crippen molar-refractivity contribution in [3.63, 3.8) is 0 Å². The summed E-state index contributed by atoms with van der Waals surface area (Å²) in [6.07, 6.45) is 6.84. The number of nitrogens with zero attached hydrogens (tertiary/aromatic N) is 3. The topological polar surface area (TPSA) is 51.3 Å². The summed E-state index contributed by atoms with van der Waals surface area (Å²) in [6, 6.07) is 3.72. The molecule has 0 saturated carbocycles. The van der Waals surface area contributed by atoms with Crippen molar-refractivity contribution in [1.29, 1.82) is 0 Å².